The van der Waals surface area contributed by atoms with Gasteiger partial charge in [0.15, 0.2) is 22.4 Å². The van der Waals surface area contributed by atoms with E-state index in [9.17, 15) is 4.79 Å². The van der Waals surface area contributed by atoms with Crippen molar-refractivity contribution in [3.63, 3.8) is 0 Å². The van der Waals surface area contributed by atoms with Crippen LogP contribution in [0, 0.1) is 0 Å². The number of thioether (sulfide) groups is 1. The van der Waals surface area contributed by atoms with Gasteiger partial charge in [0, 0.05) is 18.5 Å². The van der Waals surface area contributed by atoms with E-state index in [1.54, 1.807) is 32.4 Å². The van der Waals surface area contributed by atoms with Crippen molar-refractivity contribution < 1.29 is 14.3 Å². The van der Waals surface area contributed by atoms with Gasteiger partial charge in [-0.15, -0.1) is 10.2 Å². The van der Waals surface area contributed by atoms with Crippen molar-refractivity contribution in [2.75, 3.05) is 14.2 Å². The highest BCUT2D eigenvalue weighted by Gasteiger charge is 2.22. The molecule has 0 saturated heterocycles. The van der Waals surface area contributed by atoms with Gasteiger partial charge in [0.25, 0.3) is 0 Å². The Balaban J connectivity index is 1.76. The summed E-state index contributed by atoms with van der Waals surface area (Å²) in [5, 5.41) is 9.17. The molecule has 1 atom stereocenters. The molecular weight excluding hydrogens is 338 g/mol. The number of benzene rings is 1. The summed E-state index contributed by atoms with van der Waals surface area (Å²) in [5.41, 5.74) is 0.605. The van der Waals surface area contributed by atoms with Crippen LogP contribution >= 0.6 is 11.8 Å². The minimum Gasteiger partial charge on any atom is -0.493 e. The van der Waals surface area contributed by atoms with Crippen LogP contribution in [0.25, 0.3) is 0 Å². The van der Waals surface area contributed by atoms with Crippen LogP contribution in [-0.4, -0.2) is 40.0 Å². The second-order valence-electron chi connectivity index (χ2n) is 6.06. The number of rotatable bonds is 6. The second-order valence-corrected chi connectivity index (χ2v) is 7.36. The van der Waals surface area contributed by atoms with Crippen LogP contribution in [0.4, 0.5) is 0 Å². The smallest absolute Gasteiger partial charge is 0.191 e. The van der Waals surface area contributed by atoms with Gasteiger partial charge in [0.05, 0.1) is 19.5 Å². The van der Waals surface area contributed by atoms with Crippen molar-refractivity contribution in [2.24, 2.45) is 0 Å². The molecule has 0 bridgehead atoms. The molecule has 6 nitrogen and oxygen atoms in total. The van der Waals surface area contributed by atoms with Gasteiger partial charge in [-0.25, -0.2) is 0 Å². The number of ether oxygens (including phenoxy) is 2. The number of ketones is 1. The highest BCUT2D eigenvalue weighted by Crippen LogP contribution is 2.31. The lowest BCUT2D eigenvalue weighted by Gasteiger charge is -2.13. The normalized spacial score (nSPS) is 15.2. The highest BCUT2D eigenvalue weighted by molar-refractivity contribution is 8.00. The fraction of sp³-hybridized carbons (Fsp3) is 0.500. The maximum absolute atomic E-state index is 12.8. The van der Waals surface area contributed by atoms with E-state index in [1.807, 2.05) is 6.92 Å². The molecule has 2 heterocycles. The summed E-state index contributed by atoms with van der Waals surface area (Å²) in [5.74, 6) is 2.24. The molecule has 1 aromatic heterocycles. The Bertz CT molecular complexity index is 760. The molecule has 1 unspecified atom stereocenters. The van der Waals surface area contributed by atoms with Crippen LogP contribution in [0.2, 0.25) is 0 Å². The highest BCUT2D eigenvalue weighted by atomic mass is 32.2. The van der Waals surface area contributed by atoms with Crippen molar-refractivity contribution in [3.05, 3.63) is 29.6 Å². The molecule has 0 spiro atoms. The zero-order valence-electron chi connectivity index (χ0n) is 14.8. The van der Waals surface area contributed by atoms with Gasteiger partial charge in [-0.05, 0) is 38.0 Å². The number of carbonyl (C=O) groups excluding carboxylic acids is 1. The van der Waals surface area contributed by atoms with Crippen LogP contribution in [0.15, 0.2) is 23.4 Å². The fourth-order valence-electron chi connectivity index (χ4n) is 2.98. The molecule has 0 fully saturated rings. The topological polar surface area (TPSA) is 66.2 Å². The molecule has 7 heteroatoms. The Hall–Kier alpha value is -2.02. The van der Waals surface area contributed by atoms with Crippen molar-refractivity contribution >= 4 is 17.5 Å². The van der Waals surface area contributed by atoms with E-state index in [2.05, 4.69) is 14.8 Å². The summed E-state index contributed by atoms with van der Waals surface area (Å²) < 4.78 is 12.7. The summed E-state index contributed by atoms with van der Waals surface area (Å²) in [7, 11) is 3.14. The molecule has 2 aromatic rings. The average molecular weight is 361 g/mol. The van der Waals surface area contributed by atoms with Crippen molar-refractivity contribution in [1.82, 2.24) is 14.8 Å². The number of hydrogen-bond acceptors (Lipinski definition) is 6. The van der Waals surface area contributed by atoms with E-state index in [0.717, 1.165) is 36.8 Å². The Labute approximate surface area is 151 Å². The number of carbonyl (C=O) groups is 1. The lowest BCUT2D eigenvalue weighted by Crippen LogP contribution is -2.15. The molecule has 0 amide bonds. The van der Waals surface area contributed by atoms with Gasteiger partial charge >= 0.3 is 0 Å². The van der Waals surface area contributed by atoms with E-state index < -0.39 is 0 Å². The zero-order valence-corrected chi connectivity index (χ0v) is 15.6. The Morgan fingerprint density at radius 3 is 2.72 bits per heavy atom. The number of methoxy groups -OCH3 is 2. The Kier molecular flexibility index (Phi) is 5.63. The number of aromatic nitrogens is 3. The lowest BCUT2D eigenvalue weighted by atomic mass is 10.1. The summed E-state index contributed by atoms with van der Waals surface area (Å²) in [4.78, 5) is 12.8. The van der Waals surface area contributed by atoms with Gasteiger partial charge in [0.2, 0.25) is 0 Å². The minimum absolute atomic E-state index is 0.0388. The number of nitrogens with zero attached hydrogens (tertiary/aromatic N) is 3. The van der Waals surface area contributed by atoms with Crippen molar-refractivity contribution in [3.8, 4) is 11.5 Å². The summed E-state index contributed by atoms with van der Waals surface area (Å²) in [6.07, 6.45) is 4.47. The molecule has 0 N–H and O–H groups in total. The predicted octanol–water partition coefficient (Wildman–Crippen LogP) is 3.39. The number of aryl methyl sites for hydroxylation is 1. The van der Waals surface area contributed by atoms with E-state index >= 15 is 0 Å². The first-order chi connectivity index (χ1) is 12.1. The molecule has 1 aromatic carbocycles. The molecule has 134 valence electrons. The van der Waals surface area contributed by atoms with E-state index in [1.165, 1.54) is 18.2 Å². The van der Waals surface area contributed by atoms with Crippen LogP contribution in [-0.2, 0) is 13.0 Å². The first-order valence-corrected chi connectivity index (χ1v) is 9.37. The Morgan fingerprint density at radius 1 is 1.16 bits per heavy atom. The van der Waals surface area contributed by atoms with Crippen LogP contribution in [0.3, 0.4) is 0 Å². The maximum Gasteiger partial charge on any atom is 0.191 e. The van der Waals surface area contributed by atoms with Gasteiger partial charge in [0.1, 0.15) is 5.82 Å². The van der Waals surface area contributed by atoms with Gasteiger partial charge < -0.3 is 14.0 Å². The van der Waals surface area contributed by atoms with Crippen molar-refractivity contribution in [2.45, 2.75) is 49.6 Å². The lowest BCUT2D eigenvalue weighted by molar-refractivity contribution is 0.0993. The number of Topliss-reactive ketones (excluding diaryl/α,β-unsaturated/α-hetero) is 1. The third-order valence-electron chi connectivity index (χ3n) is 4.40. The summed E-state index contributed by atoms with van der Waals surface area (Å²) in [6, 6.07) is 5.25. The number of hydrogen-bond donors (Lipinski definition) is 0. The van der Waals surface area contributed by atoms with Crippen molar-refractivity contribution in [1.29, 1.82) is 0 Å². The number of fused-ring (bicyclic) bond motifs is 1. The average Bonchev–Trinajstić information content (AvgIpc) is 2.86. The third kappa shape index (κ3) is 3.81. The second kappa shape index (κ2) is 7.91. The first-order valence-electron chi connectivity index (χ1n) is 8.49. The molecule has 0 radical (unpaired) electrons. The van der Waals surface area contributed by atoms with Gasteiger partial charge in [-0.2, -0.15) is 0 Å². The van der Waals surface area contributed by atoms with Gasteiger partial charge in [-0.1, -0.05) is 18.2 Å². The predicted molar refractivity (Wildman–Crippen MR) is 96.8 cm³/mol. The molecule has 25 heavy (non-hydrogen) atoms. The monoisotopic (exact) mass is 361 g/mol. The van der Waals surface area contributed by atoms with Crippen LogP contribution in [0.1, 0.15) is 42.4 Å². The largest absolute Gasteiger partial charge is 0.493 e. The van der Waals surface area contributed by atoms with E-state index in [4.69, 9.17) is 9.47 Å². The zero-order chi connectivity index (χ0) is 17.8. The van der Waals surface area contributed by atoms with Gasteiger partial charge in [-0.3, -0.25) is 4.79 Å². The Morgan fingerprint density at radius 2 is 1.96 bits per heavy atom. The molecule has 1 aliphatic heterocycles. The fourth-order valence-corrected chi connectivity index (χ4v) is 3.95. The van der Waals surface area contributed by atoms with Crippen LogP contribution < -0.4 is 9.47 Å². The maximum atomic E-state index is 12.8. The quantitative estimate of drug-likeness (QED) is 0.580. The summed E-state index contributed by atoms with van der Waals surface area (Å²) in [6.45, 7) is 2.84. The molecule has 3 rings (SSSR count). The van der Waals surface area contributed by atoms with E-state index in [0.29, 0.717) is 17.1 Å². The SMILES string of the molecule is COc1ccc(C(=O)C(C)Sc2nnc3n2CCCCC3)cc1OC. The molecule has 0 saturated carbocycles. The first kappa shape index (κ1) is 17.8. The minimum atomic E-state index is -0.255. The molecular formula is C18H23N3O3S. The third-order valence-corrected chi connectivity index (χ3v) is 5.48. The van der Waals surface area contributed by atoms with E-state index in [-0.39, 0.29) is 11.0 Å². The summed E-state index contributed by atoms with van der Waals surface area (Å²) >= 11 is 1.47. The molecule has 0 aliphatic carbocycles. The standard InChI is InChI=1S/C18H23N3O3S/c1-12(17(22)13-8-9-14(23-2)15(11-13)24-3)25-18-20-19-16-7-5-4-6-10-21(16)18/h8-9,11-12H,4-7,10H2,1-3H3. The molecule has 1 aliphatic rings. The van der Waals surface area contributed by atoms with Crippen LogP contribution in [0.5, 0.6) is 11.5 Å².